The minimum Gasteiger partial charge on any atom is -0.493 e. The first-order valence-corrected chi connectivity index (χ1v) is 11.0. The average molecular weight is 458 g/mol. The lowest BCUT2D eigenvalue weighted by molar-refractivity contribution is 0.0790. The molecule has 0 spiro atoms. The number of fused-ring (bicyclic) bond motifs is 1. The fourth-order valence-corrected chi connectivity index (χ4v) is 3.87. The lowest BCUT2D eigenvalue weighted by Gasteiger charge is -2.19. The lowest BCUT2D eigenvalue weighted by atomic mass is 10.1. The molecule has 34 heavy (non-hydrogen) atoms. The van der Waals surface area contributed by atoms with Crippen LogP contribution in [-0.4, -0.2) is 48.4 Å². The highest BCUT2D eigenvalue weighted by Gasteiger charge is 2.20. The van der Waals surface area contributed by atoms with Crippen molar-refractivity contribution in [2.45, 2.75) is 13.0 Å². The van der Waals surface area contributed by atoms with Crippen LogP contribution in [0.4, 0.5) is 0 Å². The van der Waals surface area contributed by atoms with Crippen LogP contribution in [0.25, 0.3) is 10.8 Å². The summed E-state index contributed by atoms with van der Waals surface area (Å²) in [6.07, 6.45) is 0.629. The smallest absolute Gasteiger partial charge is 0.274 e. The van der Waals surface area contributed by atoms with Gasteiger partial charge in [-0.2, -0.15) is 5.10 Å². The summed E-state index contributed by atoms with van der Waals surface area (Å²) in [5.74, 6) is 1.07. The fraction of sp³-hybridized carbons (Fsp3) is 0.222. The zero-order chi connectivity index (χ0) is 24.1. The van der Waals surface area contributed by atoms with E-state index in [1.807, 2.05) is 54.6 Å². The molecule has 0 N–H and O–H groups in total. The Balaban J connectivity index is 1.61. The van der Waals surface area contributed by atoms with Crippen LogP contribution in [0, 0.1) is 0 Å². The van der Waals surface area contributed by atoms with Crippen LogP contribution in [0.5, 0.6) is 11.5 Å². The number of methoxy groups -OCH3 is 2. The summed E-state index contributed by atoms with van der Waals surface area (Å²) in [6, 6.07) is 22.4. The maximum Gasteiger partial charge on any atom is 0.274 e. The molecule has 1 aromatic heterocycles. The zero-order valence-electron chi connectivity index (χ0n) is 19.5. The third kappa shape index (κ3) is 4.78. The predicted octanol–water partition coefficient (Wildman–Crippen LogP) is 3.78. The van der Waals surface area contributed by atoms with E-state index in [1.54, 1.807) is 44.4 Å². The summed E-state index contributed by atoms with van der Waals surface area (Å²) in [6.45, 7) is 0.766. The molecule has 0 aliphatic rings. The molecule has 1 heterocycles. The number of likely N-dealkylation sites (N-methyl/N-ethyl adjacent to an activating group) is 1. The topological polar surface area (TPSA) is 73.7 Å². The van der Waals surface area contributed by atoms with Crippen LogP contribution in [0.1, 0.15) is 21.6 Å². The van der Waals surface area contributed by atoms with Gasteiger partial charge in [0, 0.05) is 19.0 Å². The number of hydrogen-bond donors (Lipinski definition) is 0. The van der Waals surface area contributed by atoms with Crippen molar-refractivity contribution in [2.75, 3.05) is 27.8 Å². The standard InChI is InChI=1S/C27H27N3O4/c1-29(16-15-19-13-14-23(33-2)24(17-19)34-3)27(32)25-21-11-7-8-12-22(21)26(31)30(28-25)18-20-9-5-4-6-10-20/h4-14,17H,15-16,18H2,1-3H3. The van der Waals surface area contributed by atoms with Crippen molar-refractivity contribution in [1.29, 1.82) is 0 Å². The number of benzene rings is 3. The maximum absolute atomic E-state index is 13.4. The number of hydrogen-bond acceptors (Lipinski definition) is 5. The van der Waals surface area contributed by atoms with Crippen molar-refractivity contribution < 1.29 is 14.3 Å². The van der Waals surface area contributed by atoms with Gasteiger partial charge in [0.1, 0.15) is 0 Å². The van der Waals surface area contributed by atoms with Gasteiger partial charge in [-0.25, -0.2) is 4.68 Å². The first-order chi connectivity index (χ1) is 16.5. The molecule has 0 saturated carbocycles. The normalized spacial score (nSPS) is 10.8. The number of carbonyl (C=O) groups is 1. The van der Waals surface area contributed by atoms with Crippen molar-refractivity contribution in [3.63, 3.8) is 0 Å². The Morgan fingerprint density at radius 3 is 2.26 bits per heavy atom. The van der Waals surface area contributed by atoms with E-state index in [1.165, 1.54) is 4.68 Å². The van der Waals surface area contributed by atoms with Crippen molar-refractivity contribution in [2.24, 2.45) is 0 Å². The first kappa shape index (κ1) is 23.0. The Hall–Kier alpha value is -4.13. The van der Waals surface area contributed by atoms with E-state index < -0.39 is 0 Å². The number of carbonyl (C=O) groups excluding carboxylic acids is 1. The second-order valence-corrected chi connectivity index (χ2v) is 8.01. The Kier molecular flexibility index (Phi) is 6.92. The van der Waals surface area contributed by atoms with Gasteiger partial charge in [0.05, 0.1) is 26.2 Å². The monoisotopic (exact) mass is 457 g/mol. The quantitative estimate of drug-likeness (QED) is 0.403. The Morgan fingerprint density at radius 1 is 0.882 bits per heavy atom. The Labute approximate surface area is 198 Å². The number of amides is 1. The van der Waals surface area contributed by atoms with E-state index >= 15 is 0 Å². The Bertz CT molecular complexity index is 1370. The Morgan fingerprint density at radius 2 is 1.56 bits per heavy atom. The van der Waals surface area contributed by atoms with E-state index in [4.69, 9.17) is 9.47 Å². The number of rotatable bonds is 8. The van der Waals surface area contributed by atoms with Gasteiger partial charge >= 0.3 is 0 Å². The number of nitrogens with zero attached hydrogens (tertiary/aromatic N) is 3. The largest absolute Gasteiger partial charge is 0.493 e. The molecule has 0 radical (unpaired) electrons. The summed E-state index contributed by atoms with van der Waals surface area (Å²) in [4.78, 5) is 28.1. The molecule has 1 amide bonds. The molecule has 3 aromatic carbocycles. The van der Waals surface area contributed by atoms with Crippen LogP contribution >= 0.6 is 0 Å². The van der Waals surface area contributed by atoms with E-state index in [9.17, 15) is 9.59 Å². The summed E-state index contributed by atoms with van der Waals surface area (Å²) in [5.41, 5.74) is 2.00. The summed E-state index contributed by atoms with van der Waals surface area (Å²) >= 11 is 0. The fourth-order valence-electron chi connectivity index (χ4n) is 3.87. The molecule has 4 rings (SSSR count). The van der Waals surface area contributed by atoms with Crippen molar-refractivity contribution in [3.05, 3.63) is 100.0 Å². The van der Waals surface area contributed by atoms with Gasteiger partial charge in [0.25, 0.3) is 11.5 Å². The molecule has 0 aliphatic heterocycles. The van der Waals surface area contributed by atoms with Gasteiger partial charge in [-0.3, -0.25) is 9.59 Å². The number of aromatic nitrogens is 2. The highest BCUT2D eigenvalue weighted by atomic mass is 16.5. The van der Waals surface area contributed by atoms with Gasteiger partial charge in [0.2, 0.25) is 0 Å². The molecule has 7 heteroatoms. The minimum absolute atomic E-state index is 0.219. The molecule has 0 unspecified atom stereocenters. The molecular weight excluding hydrogens is 430 g/mol. The molecule has 4 aromatic rings. The van der Waals surface area contributed by atoms with Crippen LogP contribution < -0.4 is 15.0 Å². The maximum atomic E-state index is 13.4. The third-order valence-corrected chi connectivity index (χ3v) is 5.78. The van der Waals surface area contributed by atoms with Crippen LogP contribution in [-0.2, 0) is 13.0 Å². The molecule has 0 saturated heterocycles. The van der Waals surface area contributed by atoms with E-state index in [-0.39, 0.29) is 17.2 Å². The molecule has 7 nitrogen and oxygen atoms in total. The van der Waals surface area contributed by atoms with E-state index in [2.05, 4.69) is 5.10 Å². The first-order valence-electron chi connectivity index (χ1n) is 11.0. The van der Waals surface area contributed by atoms with Crippen LogP contribution in [0.15, 0.2) is 77.6 Å². The molecule has 0 atom stereocenters. The predicted molar refractivity (Wildman–Crippen MR) is 132 cm³/mol. The van der Waals surface area contributed by atoms with Crippen molar-refractivity contribution in [3.8, 4) is 11.5 Å². The van der Waals surface area contributed by atoms with Crippen molar-refractivity contribution in [1.82, 2.24) is 14.7 Å². The van der Waals surface area contributed by atoms with Gasteiger partial charge < -0.3 is 14.4 Å². The summed E-state index contributed by atoms with van der Waals surface area (Å²) in [5, 5.41) is 5.53. The minimum atomic E-state index is -0.238. The summed E-state index contributed by atoms with van der Waals surface area (Å²) < 4.78 is 12.0. The average Bonchev–Trinajstić information content (AvgIpc) is 2.88. The second-order valence-electron chi connectivity index (χ2n) is 8.01. The van der Waals surface area contributed by atoms with Crippen LogP contribution in [0.3, 0.4) is 0 Å². The molecule has 0 aliphatic carbocycles. The van der Waals surface area contributed by atoms with Crippen LogP contribution in [0.2, 0.25) is 0 Å². The van der Waals surface area contributed by atoms with E-state index in [0.29, 0.717) is 41.8 Å². The lowest BCUT2D eigenvalue weighted by Crippen LogP contribution is -2.33. The van der Waals surface area contributed by atoms with E-state index in [0.717, 1.165) is 11.1 Å². The molecule has 0 fully saturated rings. The zero-order valence-corrected chi connectivity index (χ0v) is 19.5. The van der Waals surface area contributed by atoms with Gasteiger partial charge in [-0.05, 0) is 35.7 Å². The van der Waals surface area contributed by atoms with Gasteiger partial charge in [-0.15, -0.1) is 0 Å². The molecule has 0 bridgehead atoms. The highest BCUT2D eigenvalue weighted by Crippen LogP contribution is 2.27. The SMILES string of the molecule is COc1ccc(CCN(C)C(=O)c2nn(Cc3ccccc3)c(=O)c3ccccc23)cc1OC. The molecule has 174 valence electrons. The van der Waals surface area contributed by atoms with Crippen molar-refractivity contribution >= 4 is 16.7 Å². The second kappa shape index (κ2) is 10.2. The van der Waals surface area contributed by atoms with Gasteiger partial charge in [0.15, 0.2) is 17.2 Å². The third-order valence-electron chi connectivity index (χ3n) is 5.78. The summed E-state index contributed by atoms with van der Waals surface area (Å²) in [7, 11) is 4.93. The highest BCUT2D eigenvalue weighted by molar-refractivity contribution is 6.04. The molecular formula is C27H27N3O4. The van der Waals surface area contributed by atoms with Gasteiger partial charge in [-0.1, -0.05) is 54.6 Å². The number of ether oxygens (including phenoxy) is 2.